The first-order valence-electron chi connectivity index (χ1n) is 9.60. The highest BCUT2D eigenvalue weighted by molar-refractivity contribution is 5.87. The summed E-state index contributed by atoms with van der Waals surface area (Å²) < 4.78 is 16.6. The lowest BCUT2D eigenvalue weighted by Crippen LogP contribution is -2.20. The van der Waals surface area contributed by atoms with Crippen LogP contribution in [0, 0.1) is 17.1 Å². The number of imidazole rings is 2. The lowest BCUT2D eigenvalue weighted by atomic mass is 10.0. The summed E-state index contributed by atoms with van der Waals surface area (Å²) in [5.74, 6) is -0.186. The molecule has 5 rings (SSSR count). The topological polar surface area (TPSA) is 79.4 Å². The number of nitrogens with zero attached hydrogens (tertiary/aromatic N) is 4. The summed E-state index contributed by atoms with van der Waals surface area (Å²) in [5.41, 5.74) is 4.75. The Kier molecular flexibility index (Phi) is 4.26. The molecule has 6 nitrogen and oxygen atoms in total. The highest BCUT2D eigenvalue weighted by Crippen LogP contribution is 2.32. The van der Waals surface area contributed by atoms with Crippen LogP contribution in [-0.2, 0) is 7.05 Å². The van der Waals surface area contributed by atoms with E-state index in [0.717, 1.165) is 22.3 Å². The van der Waals surface area contributed by atoms with Gasteiger partial charge in [0.05, 0.1) is 28.1 Å². The summed E-state index contributed by atoms with van der Waals surface area (Å²) in [4.78, 5) is 20.4. The number of aryl methyl sites for hydroxylation is 1. The summed E-state index contributed by atoms with van der Waals surface area (Å²) in [6.07, 6.45) is 0. The first-order chi connectivity index (χ1) is 15.1. The fourth-order valence-corrected chi connectivity index (χ4v) is 3.77. The van der Waals surface area contributed by atoms with Gasteiger partial charge in [-0.1, -0.05) is 24.3 Å². The molecule has 5 aromatic rings. The smallest absolute Gasteiger partial charge is 0.329 e. The number of aromatic amines is 1. The molecule has 0 bridgehead atoms. The normalized spacial score (nSPS) is 11.0. The number of hydrogen-bond acceptors (Lipinski definition) is 3. The first kappa shape index (κ1) is 18.6. The monoisotopic (exact) mass is 409 g/mol. The number of fused-ring (bicyclic) bond motifs is 1. The van der Waals surface area contributed by atoms with Crippen molar-refractivity contribution in [1.29, 1.82) is 5.26 Å². The summed E-state index contributed by atoms with van der Waals surface area (Å²) in [5, 5.41) is 9.34. The second-order valence-electron chi connectivity index (χ2n) is 7.14. The summed E-state index contributed by atoms with van der Waals surface area (Å²) in [6.45, 7) is 0. The van der Waals surface area contributed by atoms with Crippen molar-refractivity contribution in [2.75, 3.05) is 0 Å². The molecule has 2 heterocycles. The lowest BCUT2D eigenvalue weighted by Gasteiger charge is -2.06. The Bertz CT molecular complexity index is 1520. The van der Waals surface area contributed by atoms with E-state index in [0.29, 0.717) is 17.0 Å². The highest BCUT2D eigenvalue weighted by atomic mass is 19.1. The second kappa shape index (κ2) is 7.11. The van der Waals surface area contributed by atoms with Gasteiger partial charge in [0.2, 0.25) is 5.82 Å². The number of nitriles is 1. The van der Waals surface area contributed by atoms with Crippen molar-refractivity contribution in [3.8, 4) is 34.3 Å². The van der Waals surface area contributed by atoms with Gasteiger partial charge in [0.25, 0.3) is 0 Å². The number of para-hydroxylation sites is 1. The minimum absolute atomic E-state index is 0.156. The Morgan fingerprint density at radius 3 is 2.39 bits per heavy atom. The van der Waals surface area contributed by atoms with Crippen molar-refractivity contribution in [3.05, 3.63) is 94.9 Å². The van der Waals surface area contributed by atoms with Crippen LogP contribution >= 0.6 is 0 Å². The van der Waals surface area contributed by atoms with Crippen LogP contribution in [-0.4, -0.2) is 19.1 Å². The zero-order valence-electron chi connectivity index (χ0n) is 16.5. The molecule has 0 spiro atoms. The van der Waals surface area contributed by atoms with E-state index >= 15 is 0 Å². The molecule has 0 aliphatic heterocycles. The third-order valence-electron chi connectivity index (χ3n) is 5.29. The molecule has 0 amide bonds. The molecule has 1 N–H and O–H groups in total. The van der Waals surface area contributed by atoms with E-state index in [2.05, 4.69) is 9.97 Å². The molecule has 0 saturated carbocycles. The maximum atomic E-state index is 13.4. The van der Waals surface area contributed by atoms with Gasteiger partial charge in [-0.2, -0.15) is 5.26 Å². The predicted molar refractivity (Wildman–Crippen MR) is 116 cm³/mol. The van der Waals surface area contributed by atoms with Crippen LogP contribution in [0.15, 0.2) is 77.6 Å². The van der Waals surface area contributed by atoms with E-state index in [1.807, 2.05) is 54.6 Å². The van der Waals surface area contributed by atoms with Gasteiger partial charge >= 0.3 is 5.69 Å². The summed E-state index contributed by atoms with van der Waals surface area (Å²) in [7, 11) is 1.72. The molecular formula is C24H16FN5O. The van der Waals surface area contributed by atoms with Crippen LogP contribution in [0.2, 0.25) is 0 Å². The van der Waals surface area contributed by atoms with Gasteiger partial charge in [-0.25, -0.2) is 14.2 Å². The number of benzene rings is 3. The van der Waals surface area contributed by atoms with E-state index in [-0.39, 0.29) is 17.3 Å². The van der Waals surface area contributed by atoms with Crippen LogP contribution in [0.1, 0.15) is 5.82 Å². The SMILES string of the molecule is Cn1c(=O)n(-c2ccccc2)c2ccc(-c3nc(C#N)[nH]c3-c3ccc(F)cc3)cc21. The number of hydrogen-bond donors (Lipinski definition) is 1. The van der Waals surface area contributed by atoms with Crippen LogP contribution < -0.4 is 5.69 Å². The molecule has 2 aromatic heterocycles. The van der Waals surface area contributed by atoms with Crippen molar-refractivity contribution in [2.45, 2.75) is 0 Å². The van der Waals surface area contributed by atoms with Gasteiger partial charge in [-0.3, -0.25) is 9.13 Å². The Labute approximate surface area is 176 Å². The van der Waals surface area contributed by atoms with Crippen molar-refractivity contribution in [2.24, 2.45) is 7.05 Å². The molecule has 0 atom stereocenters. The van der Waals surface area contributed by atoms with Crippen LogP contribution in [0.25, 0.3) is 39.2 Å². The van der Waals surface area contributed by atoms with Crippen molar-refractivity contribution in [3.63, 3.8) is 0 Å². The van der Waals surface area contributed by atoms with Crippen LogP contribution in [0.3, 0.4) is 0 Å². The van der Waals surface area contributed by atoms with Crippen molar-refractivity contribution < 1.29 is 4.39 Å². The molecule has 7 heteroatoms. The first-order valence-corrected chi connectivity index (χ1v) is 9.60. The largest absolute Gasteiger partial charge is 0.333 e. The number of rotatable bonds is 3. The molecule has 3 aromatic carbocycles. The van der Waals surface area contributed by atoms with Gasteiger partial charge in [0.15, 0.2) is 0 Å². The Hall–Kier alpha value is -4.44. The molecule has 0 unspecified atom stereocenters. The Balaban J connectivity index is 1.72. The molecule has 0 aliphatic carbocycles. The lowest BCUT2D eigenvalue weighted by molar-refractivity contribution is 0.628. The zero-order chi connectivity index (χ0) is 21.5. The summed E-state index contributed by atoms with van der Waals surface area (Å²) in [6, 6.07) is 23.1. The number of aromatic nitrogens is 4. The van der Waals surface area contributed by atoms with E-state index in [1.54, 1.807) is 28.3 Å². The van der Waals surface area contributed by atoms with Gasteiger partial charge in [-0.05, 0) is 48.5 Å². The number of H-pyrrole nitrogens is 1. The minimum Gasteiger partial charge on any atom is -0.329 e. The quantitative estimate of drug-likeness (QED) is 0.480. The summed E-state index contributed by atoms with van der Waals surface area (Å²) >= 11 is 0. The zero-order valence-corrected chi connectivity index (χ0v) is 16.5. The Morgan fingerprint density at radius 2 is 1.68 bits per heavy atom. The Morgan fingerprint density at radius 1 is 0.968 bits per heavy atom. The average molecular weight is 409 g/mol. The highest BCUT2D eigenvalue weighted by Gasteiger charge is 2.18. The third-order valence-corrected chi connectivity index (χ3v) is 5.29. The second-order valence-corrected chi connectivity index (χ2v) is 7.14. The molecule has 150 valence electrons. The van der Waals surface area contributed by atoms with Gasteiger partial charge in [-0.15, -0.1) is 0 Å². The number of halogens is 1. The minimum atomic E-state index is -0.344. The van der Waals surface area contributed by atoms with E-state index < -0.39 is 0 Å². The molecule has 31 heavy (non-hydrogen) atoms. The maximum Gasteiger partial charge on any atom is 0.333 e. The fraction of sp³-hybridized carbons (Fsp3) is 0.0417. The van der Waals surface area contributed by atoms with Crippen molar-refractivity contribution >= 4 is 11.0 Å². The van der Waals surface area contributed by atoms with Gasteiger partial charge in [0, 0.05) is 18.2 Å². The van der Waals surface area contributed by atoms with Gasteiger partial charge < -0.3 is 4.98 Å². The molecule has 0 saturated heterocycles. The third kappa shape index (κ3) is 3.02. The molecule has 0 aliphatic rings. The van der Waals surface area contributed by atoms with E-state index in [4.69, 9.17) is 0 Å². The molecular weight excluding hydrogens is 393 g/mol. The van der Waals surface area contributed by atoms with Crippen molar-refractivity contribution in [1.82, 2.24) is 19.1 Å². The van der Waals surface area contributed by atoms with Crippen LogP contribution in [0.4, 0.5) is 4.39 Å². The van der Waals surface area contributed by atoms with E-state index in [9.17, 15) is 14.4 Å². The predicted octanol–water partition coefficient (Wildman–Crippen LogP) is 4.40. The average Bonchev–Trinajstić information content (AvgIpc) is 3.34. The fourth-order valence-electron chi connectivity index (χ4n) is 3.77. The van der Waals surface area contributed by atoms with Gasteiger partial charge in [0.1, 0.15) is 11.9 Å². The van der Waals surface area contributed by atoms with E-state index in [1.165, 1.54) is 12.1 Å². The molecule has 0 fully saturated rings. The number of nitrogens with one attached hydrogen (secondary N) is 1. The molecule has 0 radical (unpaired) electrons. The standard InChI is InChI=1S/C24H16FN5O/c1-29-20-13-16(9-12-19(20)30(24(29)31)18-5-3-2-4-6-18)23-22(27-21(14-26)28-23)15-7-10-17(25)11-8-15/h2-13H,1H3,(H,27,28). The maximum absolute atomic E-state index is 13.4. The van der Waals surface area contributed by atoms with Crippen LogP contribution in [0.5, 0.6) is 0 Å².